The van der Waals surface area contributed by atoms with Gasteiger partial charge in [0, 0.05) is 12.1 Å². The first-order chi connectivity index (χ1) is 9.95. The topological polar surface area (TPSA) is 55.1 Å². The van der Waals surface area contributed by atoms with Gasteiger partial charge in [-0.1, -0.05) is 6.92 Å². The molecule has 0 aromatic heterocycles. The molecule has 1 atom stereocenters. The van der Waals surface area contributed by atoms with E-state index in [2.05, 4.69) is 5.32 Å². The highest BCUT2D eigenvalue weighted by Crippen LogP contribution is 2.36. The summed E-state index contributed by atoms with van der Waals surface area (Å²) >= 11 is 0. The number of carbonyl (C=O) groups excluding carboxylic acids is 1. The molecule has 0 heterocycles. The fourth-order valence-corrected chi connectivity index (χ4v) is 1.54. The SMILES string of the molecule is CC(CN)CNC(=O)c1cc(C(F)(F)F)cc(C(F)(F)F)c1. The normalized spacial score (nSPS) is 13.8. The molecule has 0 aliphatic heterocycles. The van der Waals surface area contributed by atoms with E-state index < -0.39 is 35.0 Å². The molecule has 0 saturated carbocycles. The Bertz CT molecular complexity index is 506. The number of halogens is 6. The molecule has 1 aromatic rings. The number of alkyl halides is 6. The fraction of sp³-hybridized carbons (Fsp3) is 0.462. The van der Waals surface area contributed by atoms with Crippen LogP contribution < -0.4 is 11.1 Å². The number of nitrogens with one attached hydrogen (secondary N) is 1. The van der Waals surface area contributed by atoms with Gasteiger partial charge in [-0.15, -0.1) is 0 Å². The third kappa shape index (κ3) is 4.90. The van der Waals surface area contributed by atoms with Crippen molar-refractivity contribution in [2.24, 2.45) is 11.7 Å². The van der Waals surface area contributed by atoms with E-state index in [1.54, 1.807) is 6.92 Å². The summed E-state index contributed by atoms with van der Waals surface area (Å²) in [6, 6.07) is 0.745. The summed E-state index contributed by atoms with van der Waals surface area (Å²) in [6.45, 7) is 1.94. The van der Waals surface area contributed by atoms with Gasteiger partial charge in [-0.3, -0.25) is 4.79 Å². The van der Waals surface area contributed by atoms with Crippen molar-refractivity contribution in [3.63, 3.8) is 0 Å². The van der Waals surface area contributed by atoms with E-state index in [1.807, 2.05) is 0 Å². The minimum absolute atomic E-state index is 0.0285. The summed E-state index contributed by atoms with van der Waals surface area (Å²) in [4.78, 5) is 11.7. The lowest BCUT2D eigenvalue weighted by Crippen LogP contribution is -2.31. The Hall–Kier alpha value is -1.77. The zero-order valence-electron chi connectivity index (χ0n) is 11.5. The Kier molecular flexibility index (Phi) is 5.44. The van der Waals surface area contributed by atoms with Gasteiger partial charge in [-0.05, 0) is 30.7 Å². The van der Waals surface area contributed by atoms with E-state index in [0.29, 0.717) is 12.1 Å². The second-order valence-corrected chi connectivity index (χ2v) is 4.85. The van der Waals surface area contributed by atoms with Crippen LogP contribution in [0, 0.1) is 5.92 Å². The van der Waals surface area contributed by atoms with Crippen molar-refractivity contribution in [1.29, 1.82) is 0 Å². The monoisotopic (exact) mass is 328 g/mol. The van der Waals surface area contributed by atoms with Crippen LogP contribution in [0.1, 0.15) is 28.4 Å². The van der Waals surface area contributed by atoms with Crippen molar-refractivity contribution in [2.45, 2.75) is 19.3 Å². The van der Waals surface area contributed by atoms with E-state index in [9.17, 15) is 31.1 Å². The van der Waals surface area contributed by atoms with Crippen LogP contribution >= 0.6 is 0 Å². The van der Waals surface area contributed by atoms with Crippen LogP contribution in [0.4, 0.5) is 26.3 Å². The molecule has 124 valence electrons. The largest absolute Gasteiger partial charge is 0.416 e. The summed E-state index contributed by atoms with van der Waals surface area (Å²) in [5.74, 6) is -1.17. The van der Waals surface area contributed by atoms with Gasteiger partial charge in [-0.2, -0.15) is 26.3 Å². The second-order valence-electron chi connectivity index (χ2n) is 4.85. The fourth-order valence-electron chi connectivity index (χ4n) is 1.54. The molecule has 0 fully saturated rings. The van der Waals surface area contributed by atoms with Crippen molar-refractivity contribution in [2.75, 3.05) is 13.1 Å². The molecule has 0 aliphatic rings. The van der Waals surface area contributed by atoms with Crippen LogP contribution in [0.15, 0.2) is 18.2 Å². The summed E-state index contributed by atoms with van der Waals surface area (Å²) in [7, 11) is 0. The van der Waals surface area contributed by atoms with E-state index in [1.165, 1.54) is 0 Å². The molecule has 0 bridgehead atoms. The average Bonchev–Trinajstić information content (AvgIpc) is 2.41. The Morgan fingerprint density at radius 2 is 1.55 bits per heavy atom. The van der Waals surface area contributed by atoms with Crippen LogP contribution in [-0.4, -0.2) is 19.0 Å². The molecular formula is C13H14F6N2O. The van der Waals surface area contributed by atoms with Crippen LogP contribution in [0.25, 0.3) is 0 Å². The minimum atomic E-state index is -4.99. The molecule has 22 heavy (non-hydrogen) atoms. The van der Waals surface area contributed by atoms with Crippen LogP contribution in [0.2, 0.25) is 0 Å². The van der Waals surface area contributed by atoms with Gasteiger partial charge in [0.25, 0.3) is 5.91 Å². The zero-order chi connectivity index (χ0) is 17.1. The van der Waals surface area contributed by atoms with Crippen LogP contribution in [0.3, 0.4) is 0 Å². The molecule has 0 saturated heterocycles. The smallest absolute Gasteiger partial charge is 0.352 e. The first-order valence-electron chi connectivity index (χ1n) is 6.23. The van der Waals surface area contributed by atoms with Crippen molar-refractivity contribution >= 4 is 5.91 Å². The molecule has 0 spiro atoms. The lowest BCUT2D eigenvalue weighted by atomic mass is 10.0. The number of hydrogen-bond donors (Lipinski definition) is 2. The van der Waals surface area contributed by atoms with Gasteiger partial charge in [0.05, 0.1) is 11.1 Å². The Morgan fingerprint density at radius 3 is 1.91 bits per heavy atom. The number of amides is 1. The first-order valence-corrected chi connectivity index (χ1v) is 6.23. The molecule has 3 nitrogen and oxygen atoms in total. The summed E-state index contributed by atoms with van der Waals surface area (Å²) in [5, 5.41) is 2.25. The first kappa shape index (κ1) is 18.3. The number of nitrogens with two attached hydrogens (primary N) is 1. The Labute approximate surface area is 122 Å². The van der Waals surface area contributed by atoms with E-state index in [-0.39, 0.29) is 25.1 Å². The maximum absolute atomic E-state index is 12.7. The highest BCUT2D eigenvalue weighted by molar-refractivity contribution is 5.94. The van der Waals surface area contributed by atoms with E-state index >= 15 is 0 Å². The molecule has 0 aliphatic carbocycles. The van der Waals surface area contributed by atoms with Gasteiger partial charge in [0.15, 0.2) is 0 Å². The predicted molar refractivity (Wildman–Crippen MR) is 67.0 cm³/mol. The molecule has 1 rings (SSSR count). The summed E-state index contributed by atoms with van der Waals surface area (Å²) in [5.41, 5.74) is 1.55. The average molecular weight is 328 g/mol. The molecule has 3 N–H and O–H groups in total. The van der Waals surface area contributed by atoms with Gasteiger partial charge in [-0.25, -0.2) is 0 Å². The molecule has 9 heteroatoms. The van der Waals surface area contributed by atoms with Gasteiger partial charge >= 0.3 is 12.4 Å². The summed E-state index contributed by atoms with van der Waals surface area (Å²) in [6.07, 6.45) is -9.97. The number of rotatable bonds is 4. The highest BCUT2D eigenvalue weighted by atomic mass is 19.4. The van der Waals surface area contributed by atoms with E-state index in [0.717, 1.165) is 0 Å². The van der Waals surface area contributed by atoms with Crippen molar-refractivity contribution in [1.82, 2.24) is 5.32 Å². The standard InChI is InChI=1S/C13H14F6N2O/c1-7(5-20)6-21-11(22)8-2-9(12(14,15)16)4-10(3-8)13(17,18)19/h2-4,7H,5-6,20H2,1H3,(H,21,22). The predicted octanol–water partition coefficient (Wildman–Crippen LogP) is 3.05. The lowest BCUT2D eigenvalue weighted by Gasteiger charge is -2.15. The van der Waals surface area contributed by atoms with Crippen LogP contribution in [0.5, 0.6) is 0 Å². The third-order valence-electron chi connectivity index (χ3n) is 2.86. The van der Waals surface area contributed by atoms with Gasteiger partial charge < -0.3 is 11.1 Å². The maximum atomic E-state index is 12.7. The molecule has 0 radical (unpaired) electrons. The Balaban J connectivity index is 3.16. The quantitative estimate of drug-likeness (QED) is 0.835. The number of benzene rings is 1. The maximum Gasteiger partial charge on any atom is 0.416 e. The minimum Gasteiger partial charge on any atom is -0.352 e. The molecule has 1 amide bonds. The van der Waals surface area contributed by atoms with Crippen molar-refractivity contribution in [3.8, 4) is 0 Å². The highest BCUT2D eigenvalue weighted by Gasteiger charge is 2.37. The second kappa shape index (κ2) is 6.55. The van der Waals surface area contributed by atoms with E-state index in [4.69, 9.17) is 5.73 Å². The number of hydrogen-bond acceptors (Lipinski definition) is 2. The van der Waals surface area contributed by atoms with Crippen molar-refractivity contribution in [3.05, 3.63) is 34.9 Å². The Morgan fingerprint density at radius 1 is 1.09 bits per heavy atom. The van der Waals surface area contributed by atoms with Gasteiger partial charge in [0.1, 0.15) is 0 Å². The molecular weight excluding hydrogens is 314 g/mol. The number of carbonyl (C=O) groups is 1. The molecule has 1 unspecified atom stereocenters. The zero-order valence-corrected chi connectivity index (χ0v) is 11.5. The summed E-state index contributed by atoms with van der Waals surface area (Å²) < 4.78 is 75.9. The molecule has 1 aromatic carbocycles. The van der Waals surface area contributed by atoms with Crippen molar-refractivity contribution < 1.29 is 31.1 Å². The van der Waals surface area contributed by atoms with Gasteiger partial charge in [0.2, 0.25) is 0 Å². The van der Waals surface area contributed by atoms with Crippen LogP contribution in [-0.2, 0) is 12.4 Å². The third-order valence-corrected chi connectivity index (χ3v) is 2.86. The lowest BCUT2D eigenvalue weighted by molar-refractivity contribution is -0.143.